The number of carbonyl (C=O) groups excluding carboxylic acids is 1. The van der Waals surface area contributed by atoms with Crippen LogP contribution in [0, 0.1) is 6.92 Å². The molecule has 1 aliphatic rings. The molecule has 1 atom stereocenters. The van der Waals surface area contributed by atoms with Crippen LogP contribution < -0.4 is 4.74 Å². The summed E-state index contributed by atoms with van der Waals surface area (Å²) < 4.78 is 68.4. The van der Waals surface area contributed by atoms with Crippen LogP contribution in [0.4, 0.5) is 13.2 Å². The fourth-order valence-electron chi connectivity index (χ4n) is 3.90. The van der Waals surface area contributed by atoms with Gasteiger partial charge in [-0.25, -0.2) is 8.42 Å². The van der Waals surface area contributed by atoms with Crippen LogP contribution in [0.25, 0.3) is 11.1 Å². The Morgan fingerprint density at radius 2 is 1.57 bits per heavy atom. The average Bonchev–Trinajstić information content (AvgIpc) is 3.21. The van der Waals surface area contributed by atoms with Gasteiger partial charge in [-0.2, -0.15) is 13.2 Å². The molecule has 0 saturated carbocycles. The van der Waals surface area contributed by atoms with Crippen LogP contribution in [-0.4, -0.2) is 37.8 Å². The van der Waals surface area contributed by atoms with Crippen LogP contribution in [0.1, 0.15) is 34.0 Å². The minimum atomic E-state index is -4.65. The summed E-state index contributed by atoms with van der Waals surface area (Å²) in [4.78, 5) is 14.7. The number of amides is 1. The van der Waals surface area contributed by atoms with Gasteiger partial charge in [-0.1, -0.05) is 42.0 Å². The minimum Gasteiger partial charge on any atom is -0.480 e. The molecular formula is C26H24F3NO4S. The standard InChI is InChI=1S/C26H24F3NO4S/c1-16-4-6-18(7-5-16)19-8-9-20-14-30(15-21(20)12-19)25(31)23-13-22(35(3,32)33)10-11-24(23)34-17(2)26(27,28)29/h4-13,17H,14-15H2,1-3H3/t17-/m0/s1. The van der Waals surface area contributed by atoms with E-state index in [1.807, 2.05) is 49.4 Å². The number of carbonyl (C=O) groups is 1. The third kappa shape index (κ3) is 5.35. The number of alkyl halides is 3. The molecule has 0 radical (unpaired) electrons. The van der Waals surface area contributed by atoms with E-state index in [1.165, 1.54) is 4.90 Å². The van der Waals surface area contributed by atoms with E-state index >= 15 is 0 Å². The zero-order valence-corrected chi connectivity index (χ0v) is 20.2. The number of aryl methyl sites for hydroxylation is 1. The van der Waals surface area contributed by atoms with Gasteiger partial charge in [0.05, 0.1) is 10.5 Å². The van der Waals surface area contributed by atoms with Gasteiger partial charge in [0.2, 0.25) is 0 Å². The molecule has 35 heavy (non-hydrogen) atoms. The first-order valence-electron chi connectivity index (χ1n) is 10.9. The summed E-state index contributed by atoms with van der Waals surface area (Å²) in [6, 6.07) is 17.2. The SMILES string of the molecule is Cc1ccc(-c2ccc3c(c2)CN(C(=O)c2cc(S(C)(=O)=O)ccc2O[C@@H](C)C(F)(F)F)C3)cc1. The molecule has 0 aromatic heterocycles. The van der Waals surface area contributed by atoms with Crippen LogP contribution in [-0.2, 0) is 22.9 Å². The monoisotopic (exact) mass is 503 g/mol. The van der Waals surface area contributed by atoms with Gasteiger partial charge < -0.3 is 9.64 Å². The topological polar surface area (TPSA) is 63.7 Å². The van der Waals surface area contributed by atoms with E-state index in [9.17, 15) is 26.4 Å². The van der Waals surface area contributed by atoms with Crippen LogP contribution in [0.15, 0.2) is 65.6 Å². The molecule has 0 fully saturated rings. The summed E-state index contributed by atoms with van der Waals surface area (Å²) in [5.41, 5.74) is 4.76. The van der Waals surface area contributed by atoms with E-state index in [-0.39, 0.29) is 29.3 Å². The lowest BCUT2D eigenvalue weighted by Crippen LogP contribution is -2.32. The van der Waals surface area contributed by atoms with E-state index in [0.29, 0.717) is 0 Å². The van der Waals surface area contributed by atoms with Crippen molar-refractivity contribution in [3.8, 4) is 16.9 Å². The molecule has 4 rings (SSSR count). The number of sulfone groups is 1. The lowest BCUT2D eigenvalue weighted by molar-refractivity contribution is -0.189. The number of rotatable bonds is 5. The Labute approximate surface area is 202 Å². The first-order chi connectivity index (χ1) is 16.3. The molecule has 0 aliphatic carbocycles. The molecule has 0 bridgehead atoms. The molecule has 0 unspecified atom stereocenters. The van der Waals surface area contributed by atoms with Crippen molar-refractivity contribution in [3.05, 3.63) is 82.9 Å². The highest BCUT2D eigenvalue weighted by Gasteiger charge is 2.39. The summed E-state index contributed by atoms with van der Waals surface area (Å²) in [6.07, 6.45) is -5.86. The summed E-state index contributed by atoms with van der Waals surface area (Å²) in [5.74, 6) is -0.920. The molecule has 3 aromatic carbocycles. The molecule has 0 N–H and O–H groups in total. The van der Waals surface area contributed by atoms with E-state index in [4.69, 9.17) is 4.74 Å². The Morgan fingerprint density at radius 1 is 0.943 bits per heavy atom. The molecule has 1 heterocycles. The van der Waals surface area contributed by atoms with Gasteiger partial charge in [0.25, 0.3) is 5.91 Å². The Bertz CT molecular complexity index is 1380. The minimum absolute atomic E-state index is 0.175. The number of nitrogens with zero attached hydrogens (tertiary/aromatic N) is 1. The van der Waals surface area contributed by atoms with Crippen molar-refractivity contribution in [1.29, 1.82) is 0 Å². The lowest BCUT2D eigenvalue weighted by atomic mass is 10.00. The number of ether oxygens (including phenoxy) is 1. The predicted molar refractivity (Wildman–Crippen MR) is 126 cm³/mol. The second-order valence-corrected chi connectivity index (χ2v) is 10.8. The van der Waals surface area contributed by atoms with Gasteiger partial charge in [-0.05, 0) is 60.4 Å². The normalized spacial score (nSPS) is 14.5. The van der Waals surface area contributed by atoms with Crippen molar-refractivity contribution in [3.63, 3.8) is 0 Å². The molecule has 9 heteroatoms. The second-order valence-electron chi connectivity index (χ2n) is 8.74. The average molecular weight is 504 g/mol. The van der Waals surface area contributed by atoms with Gasteiger partial charge in [0, 0.05) is 19.3 Å². The number of hydrogen-bond acceptors (Lipinski definition) is 4. The van der Waals surface area contributed by atoms with Crippen LogP contribution >= 0.6 is 0 Å². The van der Waals surface area contributed by atoms with E-state index < -0.39 is 28.0 Å². The highest BCUT2D eigenvalue weighted by atomic mass is 32.2. The fraction of sp³-hybridized carbons (Fsp3) is 0.269. The third-order valence-corrected chi connectivity index (χ3v) is 7.09. The van der Waals surface area contributed by atoms with Crippen LogP contribution in [0.5, 0.6) is 5.75 Å². The molecule has 5 nitrogen and oxygen atoms in total. The molecule has 0 spiro atoms. The highest BCUT2D eigenvalue weighted by molar-refractivity contribution is 7.90. The fourth-order valence-corrected chi connectivity index (χ4v) is 4.55. The first-order valence-corrected chi connectivity index (χ1v) is 12.8. The smallest absolute Gasteiger partial charge is 0.425 e. The van der Waals surface area contributed by atoms with Gasteiger partial charge in [0.15, 0.2) is 15.9 Å². The van der Waals surface area contributed by atoms with E-state index in [1.54, 1.807) is 0 Å². The van der Waals surface area contributed by atoms with Crippen molar-refractivity contribution < 1.29 is 31.1 Å². The summed E-state index contributed by atoms with van der Waals surface area (Å²) in [7, 11) is -3.70. The van der Waals surface area contributed by atoms with Crippen molar-refractivity contribution >= 4 is 15.7 Å². The molecule has 1 aliphatic heterocycles. The third-order valence-electron chi connectivity index (χ3n) is 5.98. The first kappa shape index (κ1) is 24.8. The Morgan fingerprint density at radius 3 is 2.20 bits per heavy atom. The predicted octanol–water partition coefficient (Wildman–Crippen LogP) is 5.55. The van der Waals surface area contributed by atoms with Gasteiger partial charge in [0.1, 0.15) is 5.75 Å². The summed E-state index contributed by atoms with van der Waals surface area (Å²) in [6.45, 7) is 3.32. The maximum atomic E-state index is 13.4. The van der Waals surface area contributed by atoms with Gasteiger partial charge in [-0.15, -0.1) is 0 Å². The highest BCUT2D eigenvalue weighted by Crippen LogP contribution is 2.33. The maximum absolute atomic E-state index is 13.4. The Kier molecular flexibility index (Phi) is 6.40. The molecule has 0 saturated heterocycles. The quantitative estimate of drug-likeness (QED) is 0.458. The lowest BCUT2D eigenvalue weighted by Gasteiger charge is -2.22. The van der Waals surface area contributed by atoms with Crippen LogP contribution in [0.3, 0.4) is 0 Å². The maximum Gasteiger partial charge on any atom is 0.425 e. The number of benzene rings is 3. The number of hydrogen-bond donors (Lipinski definition) is 0. The molecule has 1 amide bonds. The molecular weight excluding hydrogens is 479 g/mol. The number of halogens is 3. The Hall–Kier alpha value is -3.33. The van der Waals surface area contributed by atoms with Gasteiger partial charge in [-0.3, -0.25) is 4.79 Å². The zero-order chi connectivity index (χ0) is 25.5. The van der Waals surface area contributed by atoms with Gasteiger partial charge >= 0.3 is 6.18 Å². The Balaban J connectivity index is 1.65. The summed E-state index contributed by atoms with van der Waals surface area (Å²) >= 11 is 0. The van der Waals surface area contributed by atoms with Crippen LogP contribution in [0.2, 0.25) is 0 Å². The number of fused-ring (bicyclic) bond motifs is 1. The second kappa shape index (κ2) is 9.03. The van der Waals surface area contributed by atoms with Crippen molar-refractivity contribution in [2.45, 2.75) is 44.1 Å². The van der Waals surface area contributed by atoms with E-state index in [2.05, 4.69) is 0 Å². The van der Waals surface area contributed by atoms with Crippen molar-refractivity contribution in [2.75, 3.05) is 6.26 Å². The van der Waals surface area contributed by atoms with Crippen molar-refractivity contribution in [1.82, 2.24) is 4.90 Å². The molecule has 184 valence electrons. The largest absolute Gasteiger partial charge is 0.480 e. The van der Waals surface area contributed by atoms with Crippen molar-refractivity contribution in [2.24, 2.45) is 0 Å². The zero-order valence-electron chi connectivity index (χ0n) is 19.4. The summed E-state index contributed by atoms with van der Waals surface area (Å²) in [5, 5.41) is 0. The molecule has 3 aromatic rings. The van der Waals surface area contributed by atoms with E-state index in [0.717, 1.165) is 59.2 Å².